The molecule has 136 valence electrons. The first-order valence-corrected chi connectivity index (χ1v) is 9.15. The van der Waals surface area contributed by atoms with Crippen molar-refractivity contribution in [1.29, 1.82) is 0 Å². The Morgan fingerprint density at radius 3 is 2.63 bits per heavy atom. The number of likely N-dealkylation sites (N-methyl/N-ethyl adjacent to an activating group) is 1. The van der Waals surface area contributed by atoms with E-state index < -0.39 is 0 Å². The number of aromatic nitrogens is 2. The standard InChI is InChI=1S/C21H19ClN4O/c1-23-10-11-24-21(27)18-12-16-15-4-2-3-5-17(15)25-20(16)19(26-18)13-6-8-14(22)9-7-13/h2-9,12,23,25H,10-11H2,1H3,(H,24,27). The molecule has 0 aliphatic carbocycles. The number of amides is 1. The van der Waals surface area contributed by atoms with Crippen molar-refractivity contribution in [2.75, 3.05) is 20.1 Å². The number of carbonyl (C=O) groups excluding carboxylic acids is 1. The minimum Gasteiger partial charge on any atom is -0.353 e. The van der Waals surface area contributed by atoms with E-state index in [1.807, 2.05) is 61.6 Å². The number of aromatic amines is 1. The summed E-state index contributed by atoms with van der Waals surface area (Å²) in [5, 5.41) is 8.61. The first-order valence-electron chi connectivity index (χ1n) is 8.77. The summed E-state index contributed by atoms with van der Waals surface area (Å²) in [5.74, 6) is -0.187. The van der Waals surface area contributed by atoms with Crippen molar-refractivity contribution in [3.63, 3.8) is 0 Å². The number of nitrogens with one attached hydrogen (secondary N) is 3. The summed E-state index contributed by atoms with van der Waals surface area (Å²) in [6, 6.07) is 17.4. The number of hydrogen-bond acceptors (Lipinski definition) is 3. The van der Waals surface area contributed by atoms with Gasteiger partial charge in [-0.2, -0.15) is 0 Å². The number of nitrogens with zero attached hydrogens (tertiary/aromatic N) is 1. The number of rotatable bonds is 5. The Kier molecular flexibility index (Phi) is 4.79. The van der Waals surface area contributed by atoms with Crippen molar-refractivity contribution in [2.45, 2.75) is 0 Å². The van der Waals surface area contributed by atoms with Gasteiger partial charge in [-0.05, 0) is 31.3 Å². The van der Waals surface area contributed by atoms with Gasteiger partial charge < -0.3 is 15.6 Å². The fraction of sp³-hybridized carbons (Fsp3) is 0.143. The predicted molar refractivity (Wildman–Crippen MR) is 110 cm³/mol. The highest BCUT2D eigenvalue weighted by Gasteiger charge is 2.16. The lowest BCUT2D eigenvalue weighted by Crippen LogP contribution is -2.31. The molecule has 0 saturated heterocycles. The van der Waals surface area contributed by atoms with E-state index in [2.05, 4.69) is 20.6 Å². The molecule has 0 spiro atoms. The molecule has 27 heavy (non-hydrogen) atoms. The lowest BCUT2D eigenvalue weighted by atomic mass is 10.1. The van der Waals surface area contributed by atoms with Gasteiger partial charge in [-0.25, -0.2) is 4.98 Å². The molecule has 0 atom stereocenters. The molecule has 3 N–H and O–H groups in total. The second-order valence-electron chi connectivity index (χ2n) is 6.32. The highest BCUT2D eigenvalue weighted by Crippen LogP contribution is 2.33. The third kappa shape index (κ3) is 3.39. The molecule has 2 aromatic heterocycles. The van der Waals surface area contributed by atoms with Crippen LogP contribution < -0.4 is 10.6 Å². The van der Waals surface area contributed by atoms with Gasteiger partial charge in [-0.3, -0.25) is 4.79 Å². The SMILES string of the molecule is CNCCNC(=O)c1cc2c([nH]c3ccccc32)c(-c2ccc(Cl)cc2)n1. The van der Waals surface area contributed by atoms with Crippen molar-refractivity contribution < 1.29 is 4.79 Å². The van der Waals surface area contributed by atoms with Gasteiger partial charge in [0.15, 0.2) is 0 Å². The molecule has 0 aliphatic rings. The van der Waals surface area contributed by atoms with Crippen LogP contribution in [0.2, 0.25) is 5.02 Å². The number of H-pyrrole nitrogens is 1. The van der Waals surface area contributed by atoms with Crippen LogP contribution in [0.25, 0.3) is 33.1 Å². The third-order valence-corrected chi connectivity index (χ3v) is 4.76. The summed E-state index contributed by atoms with van der Waals surface area (Å²) in [4.78, 5) is 20.7. The Morgan fingerprint density at radius 1 is 1.07 bits per heavy atom. The van der Waals surface area contributed by atoms with Crippen LogP contribution in [-0.2, 0) is 0 Å². The number of carbonyl (C=O) groups is 1. The molecule has 4 rings (SSSR count). The smallest absolute Gasteiger partial charge is 0.269 e. The van der Waals surface area contributed by atoms with Gasteiger partial charge >= 0.3 is 0 Å². The molecule has 0 aliphatic heterocycles. The van der Waals surface area contributed by atoms with Crippen molar-refractivity contribution in [2.24, 2.45) is 0 Å². The molecule has 0 fully saturated rings. The quantitative estimate of drug-likeness (QED) is 0.460. The van der Waals surface area contributed by atoms with Gasteiger partial charge in [-0.15, -0.1) is 0 Å². The summed E-state index contributed by atoms with van der Waals surface area (Å²) < 4.78 is 0. The fourth-order valence-electron chi connectivity index (χ4n) is 3.17. The molecule has 1 amide bonds. The van der Waals surface area contributed by atoms with Crippen molar-refractivity contribution >= 4 is 39.3 Å². The second kappa shape index (κ2) is 7.39. The third-order valence-electron chi connectivity index (χ3n) is 4.51. The summed E-state index contributed by atoms with van der Waals surface area (Å²) >= 11 is 6.04. The Balaban J connectivity index is 1.91. The molecule has 2 heterocycles. The molecular weight excluding hydrogens is 360 g/mol. The van der Waals surface area contributed by atoms with E-state index in [0.717, 1.165) is 33.1 Å². The van der Waals surface area contributed by atoms with Crippen LogP contribution in [0, 0.1) is 0 Å². The van der Waals surface area contributed by atoms with E-state index in [-0.39, 0.29) is 5.91 Å². The molecule has 5 nitrogen and oxygen atoms in total. The predicted octanol–water partition coefficient (Wildman–Crippen LogP) is 3.99. The number of hydrogen-bond donors (Lipinski definition) is 3. The van der Waals surface area contributed by atoms with Gasteiger partial charge in [0.1, 0.15) is 5.69 Å². The average molecular weight is 379 g/mol. The largest absolute Gasteiger partial charge is 0.353 e. The van der Waals surface area contributed by atoms with E-state index in [1.165, 1.54) is 0 Å². The van der Waals surface area contributed by atoms with Crippen LogP contribution >= 0.6 is 11.6 Å². The minimum absolute atomic E-state index is 0.187. The maximum absolute atomic E-state index is 12.6. The highest BCUT2D eigenvalue weighted by atomic mass is 35.5. The van der Waals surface area contributed by atoms with Crippen LogP contribution in [0.5, 0.6) is 0 Å². The van der Waals surface area contributed by atoms with Crippen LogP contribution in [-0.4, -0.2) is 36.0 Å². The molecule has 4 aromatic rings. The van der Waals surface area contributed by atoms with E-state index in [9.17, 15) is 4.79 Å². The first-order chi connectivity index (χ1) is 13.2. The molecule has 6 heteroatoms. The maximum atomic E-state index is 12.6. The normalized spacial score (nSPS) is 11.2. The number of benzene rings is 2. The van der Waals surface area contributed by atoms with Crippen LogP contribution in [0.4, 0.5) is 0 Å². The number of fused-ring (bicyclic) bond motifs is 3. The lowest BCUT2D eigenvalue weighted by molar-refractivity contribution is 0.0949. The summed E-state index contributed by atoms with van der Waals surface area (Å²) in [6.07, 6.45) is 0. The Bertz CT molecular complexity index is 1120. The Labute approximate surface area is 161 Å². The van der Waals surface area contributed by atoms with Crippen LogP contribution in [0.15, 0.2) is 54.6 Å². The van der Waals surface area contributed by atoms with Crippen molar-refractivity contribution in [3.8, 4) is 11.3 Å². The first kappa shape index (κ1) is 17.5. The number of halogens is 1. The van der Waals surface area contributed by atoms with Crippen LogP contribution in [0.3, 0.4) is 0 Å². The highest BCUT2D eigenvalue weighted by molar-refractivity contribution is 6.30. The van der Waals surface area contributed by atoms with E-state index in [4.69, 9.17) is 11.6 Å². The molecule has 0 saturated carbocycles. The van der Waals surface area contributed by atoms with Gasteiger partial charge in [0, 0.05) is 40.0 Å². The second-order valence-corrected chi connectivity index (χ2v) is 6.75. The number of pyridine rings is 1. The molecule has 0 bridgehead atoms. The Hall–Kier alpha value is -2.89. The van der Waals surface area contributed by atoms with Gasteiger partial charge in [-0.1, -0.05) is 41.9 Å². The minimum atomic E-state index is -0.187. The maximum Gasteiger partial charge on any atom is 0.269 e. The van der Waals surface area contributed by atoms with E-state index in [1.54, 1.807) is 0 Å². The van der Waals surface area contributed by atoms with Crippen molar-refractivity contribution in [3.05, 3.63) is 65.3 Å². The summed E-state index contributed by atoms with van der Waals surface area (Å²) in [7, 11) is 1.85. The van der Waals surface area contributed by atoms with Gasteiger partial charge in [0.25, 0.3) is 5.91 Å². The topological polar surface area (TPSA) is 69.8 Å². The van der Waals surface area contributed by atoms with Gasteiger partial charge in [0.2, 0.25) is 0 Å². The molecule has 0 radical (unpaired) electrons. The average Bonchev–Trinajstić information content (AvgIpc) is 3.07. The zero-order valence-electron chi connectivity index (χ0n) is 14.8. The fourth-order valence-corrected chi connectivity index (χ4v) is 3.30. The molecular formula is C21H19ClN4O. The summed E-state index contributed by atoms with van der Waals surface area (Å²) in [5.41, 5.74) is 3.95. The van der Waals surface area contributed by atoms with Crippen LogP contribution in [0.1, 0.15) is 10.5 Å². The Morgan fingerprint density at radius 2 is 1.85 bits per heavy atom. The molecule has 2 aromatic carbocycles. The van der Waals surface area contributed by atoms with E-state index in [0.29, 0.717) is 23.8 Å². The summed E-state index contributed by atoms with van der Waals surface area (Å²) in [6.45, 7) is 1.24. The van der Waals surface area contributed by atoms with Gasteiger partial charge in [0.05, 0.1) is 11.2 Å². The zero-order chi connectivity index (χ0) is 18.8. The van der Waals surface area contributed by atoms with Crippen molar-refractivity contribution in [1.82, 2.24) is 20.6 Å². The monoisotopic (exact) mass is 378 g/mol. The zero-order valence-corrected chi connectivity index (χ0v) is 15.6. The van der Waals surface area contributed by atoms with E-state index >= 15 is 0 Å². The number of para-hydroxylation sites is 1. The lowest BCUT2D eigenvalue weighted by Gasteiger charge is -2.08. The molecule has 0 unspecified atom stereocenters.